The summed E-state index contributed by atoms with van der Waals surface area (Å²) in [6.07, 6.45) is 2.52. The zero-order valence-electron chi connectivity index (χ0n) is 17.1. The maximum absolute atomic E-state index is 12.9. The van der Waals surface area contributed by atoms with Crippen molar-refractivity contribution in [2.24, 2.45) is 11.8 Å². The molecular formula is C23H19Cl5N2O3. The highest BCUT2D eigenvalue weighted by molar-refractivity contribution is 6.53. The lowest BCUT2D eigenvalue weighted by Crippen LogP contribution is -2.29. The zero-order valence-corrected chi connectivity index (χ0v) is 20.9. The van der Waals surface area contributed by atoms with Gasteiger partial charge in [0.25, 0.3) is 0 Å². The lowest BCUT2D eigenvalue weighted by atomic mass is 10.1. The first-order valence-corrected chi connectivity index (χ1v) is 12.2. The van der Waals surface area contributed by atoms with E-state index >= 15 is 0 Å². The maximum atomic E-state index is 12.9. The number of ketones is 1. The highest BCUT2D eigenvalue weighted by Crippen LogP contribution is 2.65. The normalized spacial score (nSPS) is 20.8. The van der Waals surface area contributed by atoms with Crippen molar-refractivity contribution in [2.45, 2.75) is 29.5 Å². The molecule has 10 heteroatoms. The number of halogens is 5. The third kappa shape index (κ3) is 5.77. The Hall–Kier alpha value is -1.50. The Bertz CT molecular complexity index is 1110. The number of nitrogens with one attached hydrogen (secondary N) is 2. The summed E-state index contributed by atoms with van der Waals surface area (Å²) in [6, 6.07) is 9.46. The van der Waals surface area contributed by atoms with E-state index in [4.69, 9.17) is 58.0 Å². The van der Waals surface area contributed by atoms with E-state index in [1.54, 1.807) is 24.3 Å². The summed E-state index contributed by atoms with van der Waals surface area (Å²) in [4.78, 5) is 37.4. The number of benzene rings is 2. The van der Waals surface area contributed by atoms with Gasteiger partial charge in [-0.15, -0.1) is 23.2 Å². The minimum atomic E-state index is -1.32. The molecule has 0 aromatic heterocycles. The minimum Gasteiger partial charge on any atom is -0.349 e. The van der Waals surface area contributed by atoms with Gasteiger partial charge in [-0.3, -0.25) is 14.4 Å². The molecule has 2 unspecified atom stereocenters. The van der Waals surface area contributed by atoms with Gasteiger partial charge in [0.1, 0.15) is 4.33 Å². The van der Waals surface area contributed by atoms with Gasteiger partial charge in [0, 0.05) is 33.6 Å². The second-order valence-corrected chi connectivity index (χ2v) is 11.1. The van der Waals surface area contributed by atoms with Crippen molar-refractivity contribution in [1.82, 2.24) is 5.32 Å². The van der Waals surface area contributed by atoms with Crippen molar-refractivity contribution in [3.05, 3.63) is 62.6 Å². The van der Waals surface area contributed by atoms with Gasteiger partial charge >= 0.3 is 0 Å². The van der Waals surface area contributed by atoms with Gasteiger partial charge in [0.05, 0.1) is 17.5 Å². The Morgan fingerprint density at radius 3 is 2.27 bits per heavy atom. The molecule has 0 saturated heterocycles. The van der Waals surface area contributed by atoms with Crippen molar-refractivity contribution in [3.8, 4) is 0 Å². The lowest BCUT2D eigenvalue weighted by molar-refractivity contribution is -0.121. The molecule has 2 saturated carbocycles. The van der Waals surface area contributed by atoms with Crippen LogP contribution in [0.3, 0.4) is 0 Å². The average Bonchev–Trinajstić information content (AvgIpc) is 3.63. The highest BCUT2D eigenvalue weighted by atomic mass is 35.5. The topological polar surface area (TPSA) is 75.3 Å². The number of carbonyl (C=O) groups excluding carboxylic acids is 3. The van der Waals surface area contributed by atoms with Crippen LogP contribution >= 0.6 is 58.0 Å². The monoisotopic (exact) mass is 546 g/mol. The molecule has 0 radical (unpaired) electrons. The Morgan fingerprint density at radius 2 is 1.64 bits per heavy atom. The van der Waals surface area contributed by atoms with Crippen molar-refractivity contribution < 1.29 is 14.4 Å². The van der Waals surface area contributed by atoms with Crippen molar-refractivity contribution in [1.29, 1.82) is 0 Å². The molecule has 2 aliphatic carbocycles. The molecule has 5 nitrogen and oxygen atoms in total. The van der Waals surface area contributed by atoms with E-state index < -0.39 is 22.1 Å². The second kappa shape index (κ2) is 9.63. The van der Waals surface area contributed by atoms with E-state index in [0.29, 0.717) is 33.6 Å². The molecule has 174 valence electrons. The molecule has 2 fully saturated rings. The van der Waals surface area contributed by atoms with E-state index in [1.807, 2.05) is 0 Å². The predicted molar refractivity (Wildman–Crippen MR) is 132 cm³/mol. The van der Waals surface area contributed by atoms with E-state index in [1.165, 1.54) is 12.1 Å². The van der Waals surface area contributed by atoms with E-state index in [0.717, 1.165) is 12.8 Å². The van der Waals surface area contributed by atoms with Crippen LogP contribution in [0.5, 0.6) is 0 Å². The summed E-state index contributed by atoms with van der Waals surface area (Å²) < 4.78 is -1.32. The fourth-order valence-electron chi connectivity index (χ4n) is 3.79. The van der Waals surface area contributed by atoms with Crippen LogP contribution in [-0.2, 0) is 9.59 Å². The first kappa shape index (κ1) is 24.6. The maximum Gasteiger partial charge on any atom is 0.231 e. The first-order valence-electron chi connectivity index (χ1n) is 10.3. The molecular weight excluding hydrogens is 530 g/mol. The molecule has 2 aliphatic rings. The molecule has 4 rings (SSSR count). The minimum absolute atomic E-state index is 0.159. The van der Waals surface area contributed by atoms with Gasteiger partial charge in [0.15, 0.2) is 5.78 Å². The Kier molecular flexibility index (Phi) is 7.18. The molecule has 33 heavy (non-hydrogen) atoms. The van der Waals surface area contributed by atoms with Gasteiger partial charge in [-0.05, 0) is 60.7 Å². The van der Waals surface area contributed by atoms with Gasteiger partial charge in [-0.25, -0.2) is 0 Å². The smallest absolute Gasteiger partial charge is 0.231 e. The summed E-state index contributed by atoms with van der Waals surface area (Å²) in [5.74, 6) is -1.75. The summed E-state index contributed by atoms with van der Waals surface area (Å²) in [6.45, 7) is -0.171. The molecule has 2 atom stereocenters. The number of alkyl halides is 2. The number of hydrogen-bond acceptors (Lipinski definition) is 3. The molecule has 0 heterocycles. The number of rotatable bonds is 8. The van der Waals surface area contributed by atoms with Crippen LogP contribution < -0.4 is 10.6 Å². The summed E-state index contributed by atoms with van der Waals surface area (Å²) in [7, 11) is 0. The third-order valence-electron chi connectivity index (χ3n) is 5.73. The lowest BCUT2D eigenvalue weighted by Gasteiger charge is -2.10. The molecule has 2 aromatic carbocycles. The quantitative estimate of drug-likeness (QED) is 0.302. The Labute approximate surface area is 216 Å². The van der Waals surface area contributed by atoms with Crippen LogP contribution in [0, 0.1) is 11.8 Å². The summed E-state index contributed by atoms with van der Waals surface area (Å²) in [5.41, 5.74) is 1.21. The van der Waals surface area contributed by atoms with E-state index in [-0.39, 0.29) is 28.8 Å². The third-order valence-corrected chi connectivity index (χ3v) is 7.44. The van der Waals surface area contributed by atoms with Crippen molar-refractivity contribution >= 4 is 81.3 Å². The molecule has 0 aliphatic heterocycles. The second-order valence-electron chi connectivity index (χ2n) is 8.36. The molecule has 0 spiro atoms. The number of hydrogen-bond donors (Lipinski definition) is 2. The van der Waals surface area contributed by atoms with Crippen LogP contribution in [0.1, 0.15) is 41.1 Å². The van der Waals surface area contributed by atoms with Gasteiger partial charge < -0.3 is 10.6 Å². The Balaban J connectivity index is 1.42. The molecule has 0 bridgehead atoms. The SMILES string of the molecule is O=C(CC1CC1)NCC(=O)c1cc(NC(=O)C2C(c3cc(Cl)cc(Cl)c3)C2(Cl)Cl)ccc1Cl. The van der Waals surface area contributed by atoms with Gasteiger partial charge in [0.2, 0.25) is 11.8 Å². The van der Waals surface area contributed by atoms with Gasteiger partial charge in [-0.2, -0.15) is 0 Å². The van der Waals surface area contributed by atoms with Gasteiger partial charge in [-0.1, -0.05) is 34.8 Å². The summed E-state index contributed by atoms with van der Waals surface area (Å²) in [5, 5.41) is 6.41. The van der Waals surface area contributed by atoms with Crippen LogP contribution in [0.4, 0.5) is 5.69 Å². The molecule has 2 aromatic rings. The molecule has 2 amide bonds. The fourth-order valence-corrected chi connectivity index (χ4v) is 5.38. The van der Waals surface area contributed by atoms with Crippen LogP contribution in [-0.4, -0.2) is 28.5 Å². The van der Waals surface area contributed by atoms with Crippen LogP contribution in [0.15, 0.2) is 36.4 Å². The van der Waals surface area contributed by atoms with Crippen LogP contribution in [0.25, 0.3) is 0 Å². The number of anilines is 1. The van der Waals surface area contributed by atoms with Crippen molar-refractivity contribution in [2.75, 3.05) is 11.9 Å². The Morgan fingerprint density at radius 1 is 0.970 bits per heavy atom. The van der Waals surface area contributed by atoms with E-state index in [9.17, 15) is 14.4 Å². The van der Waals surface area contributed by atoms with Crippen molar-refractivity contribution in [3.63, 3.8) is 0 Å². The number of Topliss-reactive ketones (excluding diaryl/α,β-unsaturated/α-hetero) is 1. The first-order chi connectivity index (χ1) is 15.6. The standard InChI is InChI=1S/C23H19Cl5N2O3/c24-13-6-12(7-14(25)8-13)20-21(23(20,27)28)22(33)30-15-3-4-17(26)16(9-15)18(31)10-29-19(32)5-11-1-2-11/h3-4,6-9,11,20-21H,1-2,5,10H2,(H,29,32)(H,30,33). The summed E-state index contributed by atoms with van der Waals surface area (Å²) >= 11 is 31.1. The average molecular weight is 549 g/mol. The highest BCUT2D eigenvalue weighted by Gasteiger charge is 2.67. The zero-order chi connectivity index (χ0) is 23.9. The van der Waals surface area contributed by atoms with Crippen LogP contribution in [0.2, 0.25) is 15.1 Å². The van der Waals surface area contributed by atoms with E-state index in [2.05, 4.69) is 10.6 Å². The predicted octanol–water partition coefficient (Wildman–Crippen LogP) is 6.27. The fraction of sp³-hybridized carbons (Fsp3) is 0.348. The number of carbonyl (C=O) groups is 3. The largest absolute Gasteiger partial charge is 0.349 e. The molecule has 2 N–H and O–H groups in total. The number of amides is 2.